The third kappa shape index (κ3) is 3.74. The number of benzene rings is 1. The van der Waals surface area contributed by atoms with Crippen LogP contribution in [0.25, 0.3) is 0 Å². The van der Waals surface area contributed by atoms with E-state index in [1.165, 1.54) is 5.56 Å². The fourth-order valence-corrected chi connectivity index (χ4v) is 2.96. The minimum atomic E-state index is -0.193. The summed E-state index contributed by atoms with van der Waals surface area (Å²) in [5.41, 5.74) is 6.59. The zero-order chi connectivity index (χ0) is 13.9. The molecule has 0 bridgehead atoms. The molecule has 20 heavy (non-hydrogen) atoms. The Bertz CT molecular complexity index is 444. The zero-order valence-electron chi connectivity index (χ0n) is 11.7. The number of carbonyl (C=O) groups is 1. The van der Waals surface area contributed by atoms with Gasteiger partial charge in [0.1, 0.15) is 0 Å². The largest absolute Gasteiger partial charge is 0.346 e. The van der Waals surface area contributed by atoms with Crippen LogP contribution < -0.4 is 11.1 Å². The van der Waals surface area contributed by atoms with E-state index in [1.54, 1.807) is 0 Å². The van der Waals surface area contributed by atoms with Crippen molar-refractivity contribution in [3.8, 4) is 0 Å². The SMILES string of the molecule is CC(CN)C(=O)NC1(c2ccc(Br)cc2)CCCC1.Cl. The second kappa shape index (κ2) is 7.43. The monoisotopic (exact) mass is 360 g/mol. The molecule has 1 amide bonds. The van der Waals surface area contributed by atoms with Crippen LogP contribution in [0.1, 0.15) is 38.2 Å². The molecular formula is C15H22BrClN2O. The predicted octanol–water partition coefficient (Wildman–Crippen LogP) is 3.35. The van der Waals surface area contributed by atoms with E-state index < -0.39 is 0 Å². The molecule has 0 heterocycles. The number of nitrogens with two attached hydrogens (primary N) is 1. The van der Waals surface area contributed by atoms with Crippen molar-refractivity contribution in [1.82, 2.24) is 5.32 Å². The number of rotatable bonds is 4. The Hall–Kier alpha value is -0.580. The van der Waals surface area contributed by atoms with Crippen LogP contribution in [0.2, 0.25) is 0 Å². The minimum absolute atomic E-state index is 0. The van der Waals surface area contributed by atoms with Gasteiger partial charge in [-0.1, -0.05) is 47.8 Å². The van der Waals surface area contributed by atoms with E-state index in [0.29, 0.717) is 6.54 Å². The second-order valence-corrected chi connectivity index (χ2v) is 6.34. The molecule has 0 saturated heterocycles. The average Bonchev–Trinajstić information content (AvgIpc) is 2.88. The highest BCUT2D eigenvalue weighted by molar-refractivity contribution is 9.10. The molecule has 1 aliphatic carbocycles. The molecule has 0 aromatic heterocycles. The fourth-order valence-electron chi connectivity index (χ4n) is 2.70. The van der Waals surface area contributed by atoms with E-state index >= 15 is 0 Å². The zero-order valence-corrected chi connectivity index (χ0v) is 14.1. The molecule has 3 nitrogen and oxygen atoms in total. The van der Waals surface area contributed by atoms with Gasteiger partial charge in [0, 0.05) is 16.9 Å². The average molecular weight is 362 g/mol. The molecule has 1 aromatic carbocycles. The summed E-state index contributed by atoms with van der Waals surface area (Å²) in [6, 6.07) is 8.27. The van der Waals surface area contributed by atoms with E-state index in [9.17, 15) is 4.79 Å². The molecule has 1 aromatic rings. The molecule has 1 atom stereocenters. The summed E-state index contributed by atoms with van der Waals surface area (Å²) >= 11 is 3.45. The van der Waals surface area contributed by atoms with Gasteiger partial charge in [0.25, 0.3) is 0 Å². The first kappa shape index (κ1) is 17.5. The molecule has 0 aliphatic heterocycles. The first-order chi connectivity index (χ1) is 9.07. The first-order valence-corrected chi connectivity index (χ1v) is 7.65. The fraction of sp³-hybridized carbons (Fsp3) is 0.533. The van der Waals surface area contributed by atoms with Crippen LogP contribution in [-0.4, -0.2) is 12.5 Å². The summed E-state index contributed by atoms with van der Waals surface area (Å²) in [6.07, 6.45) is 4.34. The van der Waals surface area contributed by atoms with Crippen LogP contribution in [0.15, 0.2) is 28.7 Å². The second-order valence-electron chi connectivity index (χ2n) is 5.42. The van der Waals surface area contributed by atoms with E-state index in [1.807, 2.05) is 19.1 Å². The van der Waals surface area contributed by atoms with Crippen molar-refractivity contribution in [2.45, 2.75) is 38.1 Å². The van der Waals surface area contributed by atoms with Crippen LogP contribution >= 0.6 is 28.3 Å². The lowest BCUT2D eigenvalue weighted by atomic mass is 9.87. The third-order valence-electron chi connectivity index (χ3n) is 4.02. The van der Waals surface area contributed by atoms with Crippen molar-refractivity contribution >= 4 is 34.2 Å². The Kier molecular flexibility index (Phi) is 6.49. The van der Waals surface area contributed by atoms with Gasteiger partial charge in [-0.05, 0) is 30.5 Å². The number of hydrogen-bond donors (Lipinski definition) is 2. The van der Waals surface area contributed by atoms with Crippen molar-refractivity contribution in [1.29, 1.82) is 0 Å². The number of amides is 1. The maximum atomic E-state index is 12.2. The molecule has 5 heteroatoms. The molecule has 0 radical (unpaired) electrons. The first-order valence-electron chi connectivity index (χ1n) is 6.85. The van der Waals surface area contributed by atoms with Gasteiger partial charge in [0.15, 0.2) is 0 Å². The predicted molar refractivity (Wildman–Crippen MR) is 87.9 cm³/mol. The van der Waals surface area contributed by atoms with Crippen molar-refractivity contribution in [3.05, 3.63) is 34.3 Å². The normalized spacial score (nSPS) is 18.1. The number of carbonyl (C=O) groups excluding carboxylic acids is 1. The summed E-state index contributed by atoms with van der Waals surface area (Å²) in [6.45, 7) is 2.27. The highest BCUT2D eigenvalue weighted by Gasteiger charge is 2.37. The summed E-state index contributed by atoms with van der Waals surface area (Å²) in [4.78, 5) is 12.2. The summed E-state index contributed by atoms with van der Waals surface area (Å²) in [5, 5.41) is 3.24. The summed E-state index contributed by atoms with van der Waals surface area (Å²) < 4.78 is 1.06. The maximum Gasteiger partial charge on any atom is 0.224 e. The van der Waals surface area contributed by atoms with Crippen LogP contribution in [0.4, 0.5) is 0 Å². The number of nitrogens with one attached hydrogen (secondary N) is 1. The standard InChI is InChI=1S/C15H21BrN2O.ClH/c1-11(10-17)14(19)18-15(8-2-3-9-15)12-4-6-13(16)7-5-12;/h4-7,11H,2-3,8-10,17H2,1H3,(H,18,19);1H. The highest BCUT2D eigenvalue weighted by Crippen LogP contribution is 2.39. The van der Waals surface area contributed by atoms with Gasteiger partial charge in [0.2, 0.25) is 5.91 Å². The Morgan fingerprint density at radius 3 is 2.40 bits per heavy atom. The minimum Gasteiger partial charge on any atom is -0.346 e. The molecule has 112 valence electrons. The molecule has 3 N–H and O–H groups in total. The van der Waals surface area contributed by atoms with Crippen LogP contribution in [0.5, 0.6) is 0 Å². The third-order valence-corrected chi connectivity index (χ3v) is 4.55. The smallest absolute Gasteiger partial charge is 0.224 e. The molecule has 1 saturated carbocycles. The van der Waals surface area contributed by atoms with Gasteiger partial charge >= 0.3 is 0 Å². The Morgan fingerprint density at radius 2 is 1.90 bits per heavy atom. The summed E-state index contributed by atoms with van der Waals surface area (Å²) in [7, 11) is 0. The molecule has 1 unspecified atom stereocenters. The Balaban J connectivity index is 0.00000200. The van der Waals surface area contributed by atoms with Crippen LogP contribution in [0.3, 0.4) is 0 Å². The van der Waals surface area contributed by atoms with Crippen molar-refractivity contribution < 1.29 is 4.79 Å². The Morgan fingerprint density at radius 1 is 1.35 bits per heavy atom. The summed E-state index contributed by atoms with van der Waals surface area (Å²) in [5.74, 6) is -0.0692. The molecular weight excluding hydrogens is 340 g/mol. The quantitative estimate of drug-likeness (QED) is 0.864. The molecule has 0 spiro atoms. The van der Waals surface area contributed by atoms with Crippen LogP contribution in [-0.2, 0) is 10.3 Å². The lowest BCUT2D eigenvalue weighted by molar-refractivity contribution is -0.126. The van der Waals surface area contributed by atoms with Gasteiger partial charge < -0.3 is 11.1 Å². The van der Waals surface area contributed by atoms with Crippen molar-refractivity contribution in [2.75, 3.05) is 6.54 Å². The van der Waals surface area contributed by atoms with Gasteiger partial charge in [-0.2, -0.15) is 0 Å². The Labute approximate surface area is 135 Å². The van der Waals surface area contributed by atoms with E-state index in [0.717, 1.165) is 30.2 Å². The van der Waals surface area contributed by atoms with Crippen molar-refractivity contribution in [2.24, 2.45) is 11.7 Å². The highest BCUT2D eigenvalue weighted by atomic mass is 79.9. The lowest BCUT2D eigenvalue weighted by Gasteiger charge is -2.32. The molecule has 1 aliphatic rings. The maximum absolute atomic E-state index is 12.2. The van der Waals surface area contributed by atoms with Gasteiger partial charge in [-0.15, -0.1) is 12.4 Å². The van der Waals surface area contributed by atoms with Gasteiger partial charge in [0.05, 0.1) is 5.54 Å². The van der Waals surface area contributed by atoms with Gasteiger partial charge in [-0.25, -0.2) is 0 Å². The van der Waals surface area contributed by atoms with E-state index in [2.05, 4.69) is 33.4 Å². The van der Waals surface area contributed by atoms with E-state index in [4.69, 9.17) is 5.73 Å². The number of halogens is 2. The lowest BCUT2D eigenvalue weighted by Crippen LogP contribution is -2.47. The molecule has 1 fully saturated rings. The topological polar surface area (TPSA) is 55.1 Å². The molecule has 2 rings (SSSR count). The van der Waals surface area contributed by atoms with Crippen LogP contribution in [0, 0.1) is 5.92 Å². The van der Waals surface area contributed by atoms with Crippen molar-refractivity contribution in [3.63, 3.8) is 0 Å². The number of hydrogen-bond acceptors (Lipinski definition) is 2. The van der Waals surface area contributed by atoms with E-state index in [-0.39, 0.29) is 29.8 Å². The van der Waals surface area contributed by atoms with Gasteiger partial charge in [-0.3, -0.25) is 4.79 Å².